The lowest BCUT2D eigenvalue weighted by Crippen LogP contribution is -2.38. The summed E-state index contributed by atoms with van der Waals surface area (Å²) in [7, 11) is -2.59. The fraction of sp³-hybridized carbons (Fsp3) is 0.500. The normalized spacial score (nSPS) is 17.6. The minimum absolute atomic E-state index is 0.0368. The van der Waals surface area contributed by atoms with Gasteiger partial charge in [-0.3, -0.25) is 9.59 Å². The topological polar surface area (TPSA) is 105 Å². The van der Waals surface area contributed by atoms with Crippen molar-refractivity contribution in [2.24, 2.45) is 0 Å². The van der Waals surface area contributed by atoms with Gasteiger partial charge in [-0.15, -0.1) is 0 Å². The SMILES string of the molecule is COc1ccc(N2CCCC2=O)cc1S(=O)(=O)NCC(=O)NC1CC1. The summed E-state index contributed by atoms with van der Waals surface area (Å²) in [4.78, 5) is 25.1. The molecule has 0 unspecified atom stereocenters. The van der Waals surface area contributed by atoms with E-state index in [1.54, 1.807) is 11.0 Å². The van der Waals surface area contributed by atoms with Crippen LogP contribution in [0.4, 0.5) is 5.69 Å². The zero-order chi connectivity index (χ0) is 18.0. The van der Waals surface area contributed by atoms with E-state index in [1.165, 1.54) is 19.2 Å². The number of rotatable bonds is 7. The molecule has 8 nitrogen and oxygen atoms in total. The van der Waals surface area contributed by atoms with E-state index in [-0.39, 0.29) is 35.0 Å². The third-order valence-electron chi connectivity index (χ3n) is 4.19. The number of hydrogen-bond donors (Lipinski definition) is 2. The quantitative estimate of drug-likeness (QED) is 0.725. The van der Waals surface area contributed by atoms with Crippen molar-refractivity contribution in [3.05, 3.63) is 18.2 Å². The highest BCUT2D eigenvalue weighted by atomic mass is 32.2. The Morgan fingerprint density at radius 1 is 1.36 bits per heavy atom. The van der Waals surface area contributed by atoms with E-state index in [1.807, 2.05) is 0 Å². The molecule has 25 heavy (non-hydrogen) atoms. The summed E-state index contributed by atoms with van der Waals surface area (Å²) in [5.74, 6) is -0.244. The number of amides is 2. The van der Waals surface area contributed by atoms with Crippen LogP contribution in [0.3, 0.4) is 0 Å². The highest BCUT2D eigenvalue weighted by molar-refractivity contribution is 7.89. The van der Waals surface area contributed by atoms with Crippen LogP contribution in [0, 0.1) is 0 Å². The number of sulfonamides is 1. The van der Waals surface area contributed by atoms with E-state index >= 15 is 0 Å². The average Bonchev–Trinajstić information content (AvgIpc) is 3.30. The molecule has 0 atom stereocenters. The van der Waals surface area contributed by atoms with Gasteiger partial charge >= 0.3 is 0 Å². The highest BCUT2D eigenvalue weighted by Crippen LogP contribution is 2.30. The summed E-state index contributed by atoms with van der Waals surface area (Å²) in [6.45, 7) is 0.219. The van der Waals surface area contributed by atoms with Crippen LogP contribution in [-0.4, -0.2) is 46.5 Å². The fourth-order valence-electron chi connectivity index (χ4n) is 2.71. The molecule has 1 aliphatic carbocycles. The van der Waals surface area contributed by atoms with Crippen molar-refractivity contribution in [2.75, 3.05) is 25.1 Å². The van der Waals surface area contributed by atoms with Gasteiger partial charge in [0.15, 0.2) is 0 Å². The van der Waals surface area contributed by atoms with Crippen molar-refractivity contribution in [3.63, 3.8) is 0 Å². The minimum atomic E-state index is -3.96. The highest BCUT2D eigenvalue weighted by Gasteiger charge is 2.27. The summed E-state index contributed by atoms with van der Waals surface area (Å²) >= 11 is 0. The van der Waals surface area contributed by atoms with Crippen LogP contribution in [0.5, 0.6) is 5.75 Å². The molecule has 0 radical (unpaired) electrons. The van der Waals surface area contributed by atoms with Crippen LogP contribution in [0.25, 0.3) is 0 Å². The van der Waals surface area contributed by atoms with Crippen molar-refractivity contribution in [1.82, 2.24) is 10.0 Å². The van der Waals surface area contributed by atoms with Crippen LogP contribution in [0.15, 0.2) is 23.1 Å². The summed E-state index contributed by atoms with van der Waals surface area (Å²) in [5, 5.41) is 2.72. The fourth-order valence-corrected chi connectivity index (χ4v) is 3.88. The van der Waals surface area contributed by atoms with Gasteiger partial charge in [0.25, 0.3) is 0 Å². The Hall–Kier alpha value is -2.13. The number of anilines is 1. The number of hydrogen-bond acceptors (Lipinski definition) is 5. The van der Waals surface area contributed by atoms with E-state index in [9.17, 15) is 18.0 Å². The Morgan fingerprint density at radius 3 is 2.72 bits per heavy atom. The lowest BCUT2D eigenvalue weighted by Gasteiger charge is -2.18. The van der Waals surface area contributed by atoms with E-state index in [0.717, 1.165) is 19.3 Å². The molecule has 2 amide bonds. The molecule has 0 aromatic heterocycles. The average molecular weight is 367 g/mol. The van der Waals surface area contributed by atoms with Crippen LogP contribution in [0.1, 0.15) is 25.7 Å². The molecule has 0 bridgehead atoms. The molecule has 1 saturated carbocycles. The number of nitrogens with zero attached hydrogens (tertiary/aromatic N) is 1. The number of carbonyl (C=O) groups is 2. The molecule has 1 aromatic rings. The molecule has 3 rings (SSSR count). The molecule has 1 aromatic carbocycles. The van der Waals surface area contributed by atoms with Crippen LogP contribution in [0.2, 0.25) is 0 Å². The van der Waals surface area contributed by atoms with Gasteiger partial charge in [0.05, 0.1) is 13.7 Å². The van der Waals surface area contributed by atoms with Crippen LogP contribution in [-0.2, 0) is 19.6 Å². The first-order valence-electron chi connectivity index (χ1n) is 8.18. The maximum Gasteiger partial charge on any atom is 0.244 e. The van der Waals surface area contributed by atoms with Gasteiger partial charge in [0, 0.05) is 24.7 Å². The summed E-state index contributed by atoms with van der Waals surface area (Å²) in [5.41, 5.74) is 0.506. The molecule has 2 fully saturated rings. The first-order chi connectivity index (χ1) is 11.9. The number of ether oxygens (including phenoxy) is 1. The first kappa shape index (κ1) is 17.7. The Labute approximate surface area is 146 Å². The van der Waals surface area contributed by atoms with Crippen molar-refractivity contribution >= 4 is 27.5 Å². The minimum Gasteiger partial charge on any atom is -0.495 e. The Kier molecular flexibility index (Phi) is 4.96. The first-order valence-corrected chi connectivity index (χ1v) is 9.66. The summed E-state index contributed by atoms with van der Waals surface area (Å²) < 4.78 is 32.6. The van der Waals surface area contributed by atoms with Gasteiger partial charge in [-0.25, -0.2) is 13.1 Å². The molecule has 1 aliphatic heterocycles. The zero-order valence-corrected chi connectivity index (χ0v) is 14.8. The number of methoxy groups -OCH3 is 1. The zero-order valence-electron chi connectivity index (χ0n) is 13.9. The third kappa shape index (κ3) is 4.10. The lowest BCUT2D eigenvalue weighted by molar-refractivity contribution is -0.120. The molecule has 9 heteroatoms. The maximum absolute atomic E-state index is 12.6. The van der Waals surface area contributed by atoms with Gasteiger partial charge in [0.2, 0.25) is 21.8 Å². The van der Waals surface area contributed by atoms with E-state index in [4.69, 9.17) is 4.74 Å². The van der Waals surface area contributed by atoms with Crippen molar-refractivity contribution in [3.8, 4) is 5.75 Å². The van der Waals surface area contributed by atoms with Crippen molar-refractivity contribution < 1.29 is 22.7 Å². The predicted octanol–water partition coefficient (Wildman–Crippen LogP) is 0.379. The molecule has 136 valence electrons. The summed E-state index contributed by atoms with van der Waals surface area (Å²) in [6.07, 6.45) is 3.05. The van der Waals surface area contributed by atoms with Gasteiger partial charge in [-0.05, 0) is 37.5 Å². The summed E-state index contributed by atoms with van der Waals surface area (Å²) in [6, 6.07) is 4.74. The van der Waals surface area contributed by atoms with Crippen LogP contribution < -0.4 is 19.7 Å². The Morgan fingerprint density at radius 2 is 2.12 bits per heavy atom. The van der Waals surface area contributed by atoms with Crippen molar-refractivity contribution in [1.29, 1.82) is 0 Å². The second kappa shape index (κ2) is 7.01. The Balaban J connectivity index is 1.79. The largest absolute Gasteiger partial charge is 0.495 e. The van der Waals surface area contributed by atoms with Crippen LogP contribution >= 0.6 is 0 Å². The monoisotopic (exact) mass is 367 g/mol. The molecule has 0 spiro atoms. The number of carbonyl (C=O) groups excluding carboxylic acids is 2. The second-order valence-corrected chi connectivity index (χ2v) is 7.89. The molecular weight excluding hydrogens is 346 g/mol. The van der Waals surface area contributed by atoms with Gasteiger partial charge in [-0.2, -0.15) is 0 Å². The standard InChI is InChI=1S/C16H21N3O5S/c1-24-13-7-6-12(19-8-2-3-16(19)21)9-14(13)25(22,23)17-10-15(20)18-11-4-5-11/h6-7,9,11,17H,2-5,8,10H2,1H3,(H,18,20). The smallest absolute Gasteiger partial charge is 0.244 e. The molecule has 1 saturated heterocycles. The molecule has 1 heterocycles. The molecular formula is C16H21N3O5S. The van der Waals surface area contributed by atoms with E-state index in [0.29, 0.717) is 18.7 Å². The van der Waals surface area contributed by atoms with E-state index < -0.39 is 10.0 Å². The second-order valence-electron chi connectivity index (χ2n) is 6.15. The van der Waals surface area contributed by atoms with Gasteiger partial charge in [0.1, 0.15) is 10.6 Å². The molecule has 2 aliphatic rings. The molecule has 2 N–H and O–H groups in total. The predicted molar refractivity (Wildman–Crippen MR) is 90.9 cm³/mol. The lowest BCUT2D eigenvalue weighted by atomic mass is 10.3. The van der Waals surface area contributed by atoms with Gasteiger partial charge in [-0.1, -0.05) is 0 Å². The van der Waals surface area contributed by atoms with E-state index in [2.05, 4.69) is 10.0 Å². The number of benzene rings is 1. The van der Waals surface area contributed by atoms with Gasteiger partial charge < -0.3 is 15.0 Å². The maximum atomic E-state index is 12.6. The van der Waals surface area contributed by atoms with Crippen molar-refractivity contribution in [2.45, 2.75) is 36.6 Å². The third-order valence-corrected chi connectivity index (χ3v) is 5.61. The Bertz CT molecular complexity index is 789. The number of nitrogens with one attached hydrogen (secondary N) is 2.